The third-order valence-corrected chi connectivity index (χ3v) is 4.03. The number of nitrogens with one attached hydrogen (secondary N) is 2. The Morgan fingerprint density at radius 1 is 1.65 bits per heavy atom. The number of hydrogen-bond donors (Lipinski definition) is 2. The maximum atomic E-state index is 11.4. The summed E-state index contributed by atoms with van der Waals surface area (Å²) in [7, 11) is 0. The van der Waals surface area contributed by atoms with Crippen LogP contribution in [0.2, 0.25) is 0 Å². The molecule has 2 N–H and O–H groups in total. The van der Waals surface area contributed by atoms with Gasteiger partial charge in [-0.1, -0.05) is 0 Å². The van der Waals surface area contributed by atoms with E-state index >= 15 is 0 Å². The Hall–Kier alpha value is -0.890. The number of rotatable bonds is 4. The van der Waals surface area contributed by atoms with Crippen LogP contribution in [-0.2, 0) is 6.42 Å². The summed E-state index contributed by atoms with van der Waals surface area (Å²) in [5.74, 6) is 0.650. The lowest BCUT2D eigenvalue weighted by molar-refractivity contribution is 0.783. The van der Waals surface area contributed by atoms with Gasteiger partial charge in [-0.25, -0.2) is 4.98 Å². The van der Waals surface area contributed by atoms with Crippen molar-refractivity contribution in [3.05, 3.63) is 42.6 Å². The topological polar surface area (TPSA) is 57.8 Å². The zero-order chi connectivity index (χ0) is 12.3. The van der Waals surface area contributed by atoms with Gasteiger partial charge in [-0.05, 0) is 58.3 Å². The molecular weight excluding hydrogens is 349 g/mol. The minimum absolute atomic E-state index is 0.106. The standard InChI is InChI=1S/C11H12IN3OS/c1-7(4-8-2-3-17-5-8)15-10-9(12)11(16)14-6-13-10/h2-3,5-7H,4H2,1H3,(H2,13,14,15,16). The van der Waals surface area contributed by atoms with Crippen molar-refractivity contribution < 1.29 is 0 Å². The van der Waals surface area contributed by atoms with Crippen molar-refractivity contribution in [1.29, 1.82) is 0 Å². The van der Waals surface area contributed by atoms with Gasteiger partial charge in [-0.15, -0.1) is 0 Å². The lowest BCUT2D eigenvalue weighted by Crippen LogP contribution is -2.22. The first-order valence-corrected chi connectivity index (χ1v) is 7.20. The molecule has 1 unspecified atom stereocenters. The van der Waals surface area contributed by atoms with Crippen molar-refractivity contribution >= 4 is 39.7 Å². The molecule has 0 aliphatic rings. The molecule has 6 heteroatoms. The van der Waals surface area contributed by atoms with Crippen LogP contribution in [0, 0.1) is 3.57 Å². The number of thiophene rings is 1. The zero-order valence-electron chi connectivity index (χ0n) is 9.24. The van der Waals surface area contributed by atoms with Crippen LogP contribution >= 0.6 is 33.9 Å². The van der Waals surface area contributed by atoms with Crippen LogP contribution in [0.4, 0.5) is 5.82 Å². The first-order valence-electron chi connectivity index (χ1n) is 5.17. The summed E-state index contributed by atoms with van der Waals surface area (Å²) < 4.78 is 0.599. The molecule has 0 radical (unpaired) electrons. The molecule has 0 spiro atoms. The second kappa shape index (κ2) is 5.63. The molecule has 0 amide bonds. The van der Waals surface area contributed by atoms with Gasteiger partial charge in [-0.3, -0.25) is 4.79 Å². The number of aromatic nitrogens is 2. The highest BCUT2D eigenvalue weighted by Gasteiger charge is 2.09. The van der Waals surface area contributed by atoms with Gasteiger partial charge >= 0.3 is 0 Å². The van der Waals surface area contributed by atoms with Gasteiger partial charge in [0.1, 0.15) is 9.39 Å². The van der Waals surface area contributed by atoms with E-state index in [4.69, 9.17) is 0 Å². The van der Waals surface area contributed by atoms with Crippen LogP contribution < -0.4 is 10.9 Å². The molecule has 2 aromatic rings. The molecule has 17 heavy (non-hydrogen) atoms. The van der Waals surface area contributed by atoms with Crippen LogP contribution in [0.3, 0.4) is 0 Å². The summed E-state index contributed by atoms with van der Waals surface area (Å²) in [4.78, 5) is 18.1. The molecule has 2 rings (SSSR count). The molecule has 0 fully saturated rings. The van der Waals surface area contributed by atoms with Crippen LogP contribution in [-0.4, -0.2) is 16.0 Å². The molecule has 2 aromatic heterocycles. The van der Waals surface area contributed by atoms with E-state index < -0.39 is 0 Å². The zero-order valence-corrected chi connectivity index (χ0v) is 12.2. The second-order valence-corrected chi connectivity index (χ2v) is 5.63. The fraction of sp³-hybridized carbons (Fsp3) is 0.273. The number of nitrogens with zero attached hydrogens (tertiary/aromatic N) is 1. The van der Waals surface area contributed by atoms with Crippen LogP contribution in [0.25, 0.3) is 0 Å². The van der Waals surface area contributed by atoms with E-state index in [0.29, 0.717) is 9.39 Å². The molecule has 0 bridgehead atoms. The smallest absolute Gasteiger partial charge is 0.266 e. The van der Waals surface area contributed by atoms with E-state index in [-0.39, 0.29) is 11.6 Å². The Kier molecular flexibility index (Phi) is 4.16. The van der Waals surface area contributed by atoms with Crippen molar-refractivity contribution in [3.63, 3.8) is 0 Å². The first-order chi connectivity index (χ1) is 8.16. The number of halogens is 1. The fourth-order valence-electron chi connectivity index (χ4n) is 1.53. The Morgan fingerprint density at radius 2 is 2.47 bits per heavy atom. The lowest BCUT2D eigenvalue weighted by Gasteiger charge is -2.14. The minimum Gasteiger partial charge on any atom is -0.366 e. The number of hydrogen-bond acceptors (Lipinski definition) is 4. The number of anilines is 1. The van der Waals surface area contributed by atoms with E-state index in [1.54, 1.807) is 11.3 Å². The summed E-state index contributed by atoms with van der Waals surface area (Å²) in [6.07, 6.45) is 2.35. The number of H-pyrrole nitrogens is 1. The van der Waals surface area contributed by atoms with E-state index in [2.05, 4.69) is 39.0 Å². The van der Waals surface area contributed by atoms with Crippen molar-refractivity contribution in [2.45, 2.75) is 19.4 Å². The van der Waals surface area contributed by atoms with Gasteiger partial charge in [0.15, 0.2) is 0 Å². The Bertz CT molecular complexity index is 538. The van der Waals surface area contributed by atoms with Crippen molar-refractivity contribution in [3.8, 4) is 0 Å². The maximum absolute atomic E-state index is 11.4. The molecular formula is C11H12IN3OS. The van der Waals surface area contributed by atoms with Crippen LogP contribution in [0.15, 0.2) is 27.9 Å². The summed E-state index contributed by atoms with van der Waals surface area (Å²) in [5, 5.41) is 7.46. The van der Waals surface area contributed by atoms with Gasteiger partial charge < -0.3 is 10.3 Å². The highest BCUT2D eigenvalue weighted by Crippen LogP contribution is 2.14. The van der Waals surface area contributed by atoms with Gasteiger partial charge in [0.2, 0.25) is 0 Å². The third kappa shape index (κ3) is 3.29. The molecule has 4 nitrogen and oxygen atoms in total. The van der Waals surface area contributed by atoms with Gasteiger partial charge in [0.25, 0.3) is 5.56 Å². The molecule has 0 aliphatic heterocycles. The normalized spacial score (nSPS) is 12.4. The van der Waals surface area contributed by atoms with E-state index in [1.807, 2.05) is 22.6 Å². The Labute approximate surface area is 117 Å². The molecule has 0 saturated carbocycles. The molecule has 2 heterocycles. The summed E-state index contributed by atoms with van der Waals surface area (Å²) in [6.45, 7) is 2.08. The van der Waals surface area contributed by atoms with E-state index in [1.165, 1.54) is 11.9 Å². The molecule has 0 aliphatic carbocycles. The molecule has 0 saturated heterocycles. The molecule has 90 valence electrons. The third-order valence-electron chi connectivity index (χ3n) is 2.30. The first kappa shape index (κ1) is 12.6. The Morgan fingerprint density at radius 3 is 3.18 bits per heavy atom. The van der Waals surface area contributed by atoms with Gasteiger partial charge in [0, 0.05) is 6.04 Å². The second-order valence-electron chi connectivity index (χ2n) is 3.78. The van der Waals surface area contributed by atoms with Gasteiger partial charge in [-0.2, -0.15) is 11.3 Å². The highest BCUT2D eigenvalue weighted by atomic mass is 127. The highest BCUT2D eigenvalue weighted by molar-refractivity contribution is 14.1. The average molecular weight is 361 g/mol. The van der Waals surface area contributed by atoms with Crippen LogP contribution in [0.5, 0.6) is 0 Å². The number of aromatic amines is 1. The predicted molar refractivity (Wildman–Crippen MR) is 78.7 cm³/mol. The van der Waals surface area contributed by atoms with Crippen molar-refractivity contribution in [2.24, 2.45) is 0 Å². The van der Waals surface area contributed by atoms with Gasteiger partial charge in [0.05, 0.1) is 6.33 Å². The van der Waals surface area contributed by atoms with E-state index in [0.717, 1.165) is 6.42 Å². The average Bonchev–Trinajstić information content (AvgIpc) is 2.77. The quantitative estimate of drug-likeness (QED) is 0.823. The van der Waals surface area contributed by atoms with Crippen molar-refractivity contribution in [1.82, 2.24) is 9.97 Å². The summed E-state index contributed by atoms with van der Waals surface area (Å²) in [6, 6.07) is 2.35. The van der Waals surface area contributed by atoms with E-state index in [9.17, 15) is 4.79 Å². The lowest BCUT2D eigenvalue weighted by atomic mass is 10.1. The maximum Gasteiger partial charge on any atom is 0.266 e. The summed E-state index contributed by atoms with van der Waals surface area (Å²) in [5.41, 5.74) is 1.20. The SMILES string of the molecule is CC(Cc1ccsc1)Nc1nc[nH]c(=O)c1I. The fourth-order valence-corrected chi connectivity index (χ4v) is 2.66. The predicted octanol–water partition coefficient (Wildman–Crippen LogP) is 2.48. The monoisotopic (exact) mass is 361 g/mol. The summed E-state index contributed by atoms with van der Waals surface area (Å²) >= 11 is 3.70. The largest absolute Gasteiger partial charge is 0.366 e. The molecule has 0 aromatic carbocycles. The van der Waals surface area contributed by atoms with Crippen LogP contribution in [0.1, 0.15) is 12.5 Å². The molecule has 1 atom stereocenters. The minimum atomic E-state index is -0.106. The Balaban J connectivity index is 2.05. The van der Waals surface area contributed by atoms with Crippen molar-refractivity contribution in [2.75, 3.05) is 5.32 Å².